The quantitative estimate of drug-likeness (QED) is 0.789. The average Bonchev–Trinajstić information content (AvgIpc) is 2.21. The summed E-state index contributed by atoms with van der Waals surface area (Å²) in [6, 6.07) is 3.46. The van der Waals surface area contributed by atoms with Gasteiger partial charge in [-0.1, -0.05) is 12.2 Å². The molecule has 1 aromatic rings. The largest absolute Gasteiger partial charge is 0.312 e. The molecule has 0 bridgehead atoms. The molecule has 17 heavy (non-hydrogen) atoms. The normalized spacial score (nSPS) is 12.3. The topological polar surface area (TPSA) is 12.0 Å². The van der Waals surface area contributed by atoms with Crippen LogP contribution in [0.4, 0.5) is 8.78 Å². The van der Waals surface area contributed by atoms with Gasteiger partial charge in [-0.25, -0.2) is 8.78 Å². The first-order chi connectivity index (χ1) is 7.88. The number of halogens is 2. The molecule has 0 spiro atoms. The predicted octanol–water partition coefficient (Wildman–Crippen LogP) is 3.76. The molecule has 0 amide bonds. The van der Waals surface area contributed by atoms with Crippen molar-refractivity contribution in [1.82, 2.24) is 5.32 Å². The van der Waals surface area contributed by atoms with Crippen LogP contribution in [-0.2, 0) is 0 Å². The van der Waals surface area contributed by atoms with Gasteiger partial charge in [-0.15, -0.1) is 0 Å². The van der Waals surface area contributed by atoms with Gasteiger partial charge in [0.1, 0.15) is 11.6 Å². The standard InChI is InChI=1S/C14H19F2N/c1-14(2,3)17-9-5-4-6-11-10-12(15)7-8-13(11)16/h4,6-8,10,17H,5,9H2,1-3H3. The zero-order valence-corrected chi connectivity index (χ0v) is 10.6. The Morgan fingerprint density at radius 1 is 1.24 bits per heavy atom. The van der Waals surface area contributed by atoms with E-state index in [2.05, 4.69) is 26.1 Å². The molecule has 0 atom stereocenters. The minimum absolute atomic E-state index is 0.0813. The Hall–Kier alpha value is -1.22. The van der Waals surface area contributed by atoms with Crippen molar-refractivity contribution in [2.75, 3.05) is 6.54 Å². The molecule has 1 N–H and O–H groups in total. The van der Waals surface area contributed by atoms with E-state index < -0.39 is 11.6 Å². The van der Waals surface area contributed by atoms with E-state index in [-0.39, 0.29) is 5.54 Å². The van der Waals surface area contributed by atoms with E-state index in [1.807, 2.05) is 6.08 Å². The summed E-state index contributed by atoms with van der Waals surface area (Å²) in [4.78, 5) is 0. The van der Waals surface area contributed by atoms with E-state index in [0.29, 0.717) is 5.56 Å². The Morgan fingerprint density at radius 3 is 2.59 bits per heavy atom. The molecule has 0 radical (unpaired) electrons. The molecule has 0 aromatic heterocycles. The molecular weight excluding hydrogens is 220 g/mol. The lowest BCUT2D eigenvalue weighted by Gasteiger charge is -2.19. The third-order valence-electron chi connectivity index (χ3n) is 2.22. The Morgan fingerprint density at radius 2 is 1.94 bits per heavy atom. The summed E-state index contributed by atoms with van der Waals surface area (Å²) in [5, 5.41) is 3.32. The van der Waals surface area contributed by atoms with Gasteiger partial charge in [-0.3, -0.25) is 0 Å². The van der Waals surface area contributed by atoms with Crippen molar-refractivity contribution in [2.24, 2.45) is 0 Å². The van der Waals surface area contributed by atoms with E-state index in [4.69, 9.17) is 0 Å². The maximum atomic E-state index is 13.2. The number of hydrogen-bond acceptors (Lipinski definition) is 1. The van der Waals surface area contributed by atoms with Gasteiger partial charge < -0.3 is 5.32 Å². The fourth-order valence-electron chi connectivity index (χ4n) is 1.38. The first-order valence-electron chi connectivity index (χ1n) is 5.75. The van der Waals surface area contributed by atoms with Gasteiger partial charge in [0.25, 0.3) is 0 Å². The van der Waals surface area contributed by atoms with Gasteiger partial charge in [0.15, 0.2) is 0 Å². The monoisotopic (exact) mass is 239 g/mol. The van der Waals surface area contributed by atoms with Crippen molar-refractivity contribution in [3.05, 3.63) is 41.5 Å². The number of hydrogen-bond donors (Lipinski definition) is 1. The molecule has 0 heterocycles. The van der Waals surface area contributed by atoms with E-state index in [1.165, 1.54) is 6.07 Å². The van der Waals surface area contributed by atoms with Crippen molar-refractivity contribution in [3.8, 4) is 0 Å². The smallest absolute Gasteiger partial charge is 0.130 e. The second kappa shape index (κ2) is 5.92. The van der Waals surface area contributed by atoms with Crippen LogP contribution < -0.4 is 5.32 Å². The molecule has 94 valence electrons. The highest BCUT2D eigenvalue weighted by molar-refractivity contribution is 5.49. The Labute approximate surface area is 102 Å². The third kappa shape index (κ3) is 5.59. The van der Waals surface area contributed by atoms with Crippen molar-refractivity contribution in [1.29, 1.82) is 0 Å². The molecule has 1 aromatic carbocycles. The predicted molar refractivity (Wildman–Crippen MR) is 67.8 cm³/mol. The zero-order chi connectivity index (χ0) is 12.9. The second-order valence-corrected chi connectivity index (χ2v) is 5.03. The highest BCUT2D eigenvalue weighted by Crippen LogP contribution is 2.11. The summed E-state index contributed by atoms with van der Waals surface area (Å²) >= 11 is 0. The molecule has 0 saturated carbocycles. The molecule has 1 nitrogen and oxygen atoms in total. The number of benzene rings is 1. The van der Waals surface area contributed by atoms with Crippen LogP contribution in [0.15, 0.2) is 24.3 Å². The molecule has 0 aliphatic carbocycles. The van der Waals surface area contributed by atoms with Crippen molar-refractivity contribution in [3.63, 3.8) is 0 Å². The van der Waals surface area contributed by atoms with Gasteiger partial charge in [0.05, 0.1) is 0 Å². The van der Waals surface area contributed by atoms with Crippen molar-refractivity contribution in [2.45, 2.75) is 32.7 Å². The second-order valence-electron chi connectivity index (χ2n) is 5.03. The van der Waals surface area contributed by atoms with E-state index in [1.54, 1.807) is 6.08 Å². The summed E-state index contributed by atoms with van der Waals surface area (Å²) in [6.07, 6.45) is 4.24. The maximum Gasteiger partial charge on any atom is 0.130 e. The molecule has 1 rings (SSSR count). The Balaban J connectivity index is 2.46. The Kier molecular flexibility index (Phi) is 4.82. The summed E-state index contributed by atoms with van der Waals surface area (Å²) < 4.78 is 26.1. The molecule has 0 fully saturated rings. The summed E-state index contributed by atoms with van der Waals surface area (Å²) in [5.74, 6) is -0.815. The van der Waals surface area contributed by atoms with Crippen LogP contribution in [0, 0.1) is 11.6 Å². The van der Waals surface area contributed by atoms with E-state index in [0.717, 1.165) is 25.1 Å². The third-order valence-corrected chi connectivity index (χ3v) is 2.22. The molecular formula is C14H19F2N. The Bertz CT molecular complexity index is 392. The van der Waals surface area contributed by atoms with Crippen LogP contribution in [0.5, 0.6) is 0 Å². The van der Waals surface area contributed by atoms with Crippen LogP contribution in [0.3, 0.4) is 0 Å². The fraction of sp³-hybridized carbons (Fsp3) is 0.429. The van der Waals surface area contributed by atoms with Gasteiger partial charge >= 0.3 is 0 Å². The van der Waals surface area contributed by atoms with Crippen LogP contribution in [-0.4, -0.2) is 12.1 Å². The SMILES string of the molecule is CC(C)(C)NCCC=Cc1cc(F)ccc1F. The van der Waals surface area contributed by atoms with Crippen LogP contribution in [0.2, 0.25) is 0 Å². The summed E-state index contributed by atoms with van der Waals surface area (Å²) in [5.41, 5.74) is 0.374. The van der Waals surface area contributed by atoms with Crippen molar-refractivity contribution < 1.29 is 8.78 Å². The minimum Gasteiger partial charge on any atom is -0.312 e. The summed E-state index contributed by atoms with van der Waals surface area (Å²) in [6.45, 7) is 7.08. The summed E-state index contributed by atoms with van der Waals surface area (Å²) in [7, 11) is 0. The van der Waals surface area contributed by atoms with Gasteiger partial charge in [-0.05, 0) is 51.9 Å². The van der Waals surface area contributed by atoms with Gasteiger partial charge in [0, 0.05) is 11.1 Å². The highest BCUT2D eigenvalue weighted by Gasteiger charge is 2.06. The lowest BCUT2D eigenvalue weighted by molar-refractivity contribution is 0.431. The fourth-order valence-corrected chi connectivity index (χ4v) is 1.38. The first-order valence-corrected chi connectivity index (χ1v) is 5.75. The van der Waals surface area contributed by atoms with E-state index in [9.17, 15) is 8.78 Å². The van der Waals surface area contributed by atoms with E-state index >= 15 is 0 Å². The molecule has 0 saturated heterocycles. The lowest BCUT2D eigenvalue weighted by atomic mass is 10.1. The molecule has 0 aliphatic rings. The van der Waals surface area contributed by atoms with Gasteiger partial charge in [-0.2, -0.15) is 0 Å². The van der Waals surface area contributed by atoms with Crippen LogP contribution in [0.1, 0.15) is 32.8 Å². The van der Waals surface area contributed by atoms with Crippen molar-refractivity contribution >= 4 is 6.08 Å². The zero-order valence-electron chi connectivity index (χ0n) is 10.6. The number of nitrogens with one attached hydrogen (secondary N) is 1. The molecule has 0 aliphatic heterocycles. The maximum absolute atomic E-state index is 13.2. The lowest BCUT2D eigenvalue weighted by Crippen LogP contribution is -2.36. The van der Waals surface area contributed by atoms with Gasteiger partial charge in [0.2, 0.25) is 0 Å². The van der Waals surface area contributed by atoms with Crippen LogP contribution in [0.25, 0.3) is 6.08 Å². The first kappa shape index (κ1) is 13.8. The average molecular weight is 239 g/mol. The number of rotatable bonds is 4. The minimum atomic E-state index is -0.418. The molecule has 0 unspecified atom stereocenters. The molecule has 3 heteroatoms. The van der Waals surface area contributed by atoms with Crippen LogP contribution >= 0.6 is 0 Å². The highest BCUT2D eigenvalue weighted by atomic mass is 19.1.